The first-order valence-electron chi connectivity index (χ1n) is 5.22. The highest BCUT2D eigenvalue weighted by molar-refractivity contribution is 5.83. The fraction of sp³-hybridized carbons (Fsp3) is 0.143. The lowest BCUT2D eigenvalue weighted by molar-refractivity contribution is 1.25. The Morgan fingerprint density at radius 2 is 1.73 bits per heavy atom. The van der Waals surface area contributed by atoms with Crippen molar-refractivity contribution in [2.75, 3.05) is 0 Å². The first-order chi connectivity index (χ1) is 7.24. The highest BCUT2D eigenvalue weighted by Crippen LogP contribution is 2.20. The predicted molar refractivity (Wildman–Crippen MR) is 64.4 cm³/mol. The van der Waals surface area contributed by atoms with Crippen molar-refractivity contribution >= 4 is 16.4 Å². The third-order valence-corrected chi connectivity index (χ3v) is 2.86. The van der Waals surface area contributed by atoms with Crippen LogP contribution in [0.5, 0.6) is 0 Å². The average Bonchev–Trinajstić information content (AvgIpc) is 2.58. The fourth-order valence-corrected chi connectivity index (χ4v) is 2.16. The van der Waals surface area contributed by atoms with Crippen LogP contribution in [-0.2, 0) is 0 Å². The Morgan fingerprint density at radius 3 is 2.60 bits per heavy atom. The van der Waals surface area contributed by atoms with E-state index in [-0.39, 0.29) is 0 Å². The molecule has 1 aromatic carbocycles. The summed E-state index contributed by atoms with van der Waals surface area (Å²) >= 11 is 0. The van der Waals surface area contributed by atoms with Crippen LogP contribution in [0.4, 0.5) is 0 Å². The largest absolute Gasteiger partial charge is 0.316 e. The Morgan fingerprint density at radius 1 is 0.867 bits per heavy atom. The minimum absolute atomic E-state index is 1.27. The molecule has 0 fully saturated rings. The van der Waals surface area contributed by atoms with Gasteiger partial charge in [0.1, 0.15) is 0 Å². The molecule has 0 N–H and O–H groups in total. The van der Waals surface area contributed by atoms with Gasteiger partial charge in [-0.05, 0) is 49.1 Å². The van der Waals surface area contributed by atoms with Gasteiger partial charge in [0.05, 0.1) is 5.52 Å². The van der Waals surface area contributed by atoms with Crippen molar-refractivity contribution < 1.29 is 0 Å². The lowest BCUT2D eigenvalue weighted by Gasteiger charge is -2.03. The van der Waals surface area contributed by atoms with Crippen LogP contribution in [0.25, 0.3) is 16.4 Å². The van der Waals surface area contributed by atoms with E-state index in [2.05, 4.69) is 60.8 Å². The van der Waals surface area contributed by atoms with Crippen molar-refractivity contribution in [1.82, 2.24) is 4.40 Å². The molecule has 1 nitrogen and oxygen atoms in total. The Hall–Kier alpha value is -1.76. The van der Waals surface area contributed by atoms with Gasteiger partial charge in [-0.3, -0.25) is 0 Å². The van der Waals surface area contributed by atoms with Gasteiger partial charge in [0, 0.05) is 11.7 Å². The van der Waals surface area contributed by atoms with Crippen LogP contribution in [0.1, 0.15) is 11.1 Å². The average molecular weight is 195 g/mol. The molecule has 74 valence electrons. The number of benzene rings is 1. The summed E-state index contributed by atoms with van der Waals surface area (Å²) in [6.45, 7) is 4.26. The fourth-order valence-electron chi connectivity index (χ4n) is 2.16. The smallest absolute Gasteiger partial charge is 0.0528 e. The van der Waals surface area contributed by atoms with Crippen LogP contribution in [0.2, 0.25) is 0 Å². The Labute approximate surface area is 89.0 Å². The molecule has 0 radical (unpaired) electrons. The van der Waals surface area contributed by atoms with Crippen molar-refractivity contribution in [3.8, 4) is 0 Å². The van der Waals surface area contributed by atoms with Crippen molar-refractivity contribution in [1.29, 1.82) is 0 Å². The number of aromatic nitrogens is 1. The highest BCUT2D eigenvalue weighted by atomic mass is 14.9. The van der Waals surface area contributed by atoms with Crippen molar-refractivity contribution in [2.24, 2.45) is 0 Å². The van der Waals surface area contributed by atoms with Gasteiger partial charge in [0.2, 0.25) is 0 Å². The molecule has 2 aromatic heterocycles. The number of hydrogen-bond acceptors (Lipinski definition) is 0. The number of pyridine rings is 1. The minimum atomic E-state index is 1.27. The monoisotopic (exact) mass is 195 g/mol. The van der Waals surface area contributed by atoms with Crippen LogP contribution in [0, 0.1) is 13.8 Å². The maximum absolute atomic E-state index is 2.25. The molecule has 0 saturated carbocycles. The van der Waals surface area contributed by atoms with E-state index in [0.717, 1.165) is 0 Å². The van der Waals surface area contributed by atoms with Crippen molar-refractivity contribution in [2.45, 2.75) is 13.8 Å². The second-order valence-corrected chi connectivity index (χ2v) is 4.21. The zero-order valence-corrected chi connectivity index (χ0v) is 8.99. The first kappa shape index (κ1) is 8.54. The van der Waals surface area contributed by atoms with Gasteiger partial charge in [-0.15, -0.1) is 0 Å². The van der Waals surface area contributed by atoms with E-state index in [1.54, 1.807) is 0 Å². The zero-order valence-electron chi connectivity index (χ0n) is 8.99. The lowest BCUT2D eigenvalue weighted by Crippen LogP contribution is -1.85. The van der Waals surface area contributed by atoms with E-state index in [9.17, 15) is 0 Å². The molecule has 0 aliphatic heterocycles. The predicted octanol–water partition coefficient (Wildman–Crippen LogP) is 3.71. The van der Waals surface area contributed by atoms with E-state index in [0.29, 0.717) is 0 Å². The molecular weight excluding hydrogens is 182 g/mol. The molecule has 0 atom stereocenters. The Balaban J connectivity index is 2.53. The maximum Gasteiger partial charge on any atom is 0.0528 e. The molecule has 3 rings (SSSR count). The highest BCUT2D eigenvalue weighted by Gasteiger charge is 2.00. The molecule has 1 heteroatoms. The topological polar surface area (TPSA) is 4.41 Å². The van der Waals surface area contributed by atoms with Gasteiger partial charge < -0.3 is 4.40 Å². The third-order valence-electron chi connectivity index (χ3n) is 2.86. The van der Waals surface area contributed by atoms with Crippen LogP contribution >= 0.6 is 0 Å². The van der Waals surface area contributed by atoms with E-state index in [1.807, 2.05) is 0 Å². The summed E-state index contributed by atoms with van der Waals surface area (Å²) < 4.78 is 2.25. The molecule has 0 saturated heterocycles. The zero-order chi connectivity index (χ0) is 10.4. The summed E-state index contributed by atoms with van der Waals surface area (Å²) in [5, 5.41) is 1.30. The van der Waals surface area contributed by atoms with Crippen LogP contribution in [0.15, 0.2) is 42.6 Å². The number of aryl methyl sites for hydroxylation is 2. The van der Waals surface area contributed by atoms with Crippen LogP contribution < -0.4 is 0 Å². The summed E-state index contributed by atoms with van der Waals surface area (Å²) in [5.41, 5.74) is 5.17. The number of nitrogens with zero attached hydrogens (tertiary/aromatic N) is 1. The normalized spacial score (nSPS) is 11.3. The molecular formula is C14H13N. The van der Waals surface area contributed by atoms with Crippen molar-refractivity contribution in [3.05, 3.63) is 53.7 Å². The standard InChI is InChI=1S/C14H13N/c1-10-3-6-14-12(7-10)4-5-13-8-11(2)9-15(13)14/h3-9H,1-2H3. The molecule has 2 heterocycles. The summed E-state index contributed by atoms with van der Waals surface area (Å²) in [4.78, 5) is 0. The Bertz CT molecular complexity index is 647. The van der Waals surface area contributed by atoms with Crippen LogP contribution in [0.3, 0.4) is 0 Å². The molecule has 0 aliphatic rings. The molecule has 0 spiro atoms. The molecule has 0 amide bonds. The van der Waals surface area contributed by atoms with Gasteiger partial charge >= 0.3 is 0 Å². The molecule has 0 unspecified atom stereocenters. The lowest BCUT2D eigenvalue weighted by atomic mass is 10.1. The van der Waals surface area contributed by atoms with E-state index >= 15 is 0 Å². The summed E-state index contributed by atoms with van der Waals surface area (Å²) in [6, 6.07) is 13.2. The van der Waals surface area contributed by atoms with Crippen LogP contribution in [-0.4, -0.2) is 4.40 Å². The maximum atomic E-state index is 2.25. The molecule has 0 bridgehead atoms. The van der Waals surface area contributed by atoms with E-state index in [1.165, 1.54) is 27.5 Å². The van der Waals surface area contributed by atoms with Gasteiger partial charge in [0.15, 0.2) is 0 Å². The summed E-state index contributed by atoms with van der Waals surface area (Å²) in [7, 11) is 0. The SMILES string of the molecule is Cc1ccc2c(ccc3cc(C)cn32)c1. The van der Waals surface area contributed by atoms with Gasteiger partial charge in [0.25, 0.3) is 0 Å². The third kappa shape index (κ3) is 1.23. The number of rotatable bonds is 0. The van der Waals surface area contributed by atoms with Gasteiger partial charge in [-0.2, -0.15) is 0 Å². The summed E-state index contributed by atoms with van der Waals surface area (Å²) in [6.07, 6.45) is 2.19. The number of fused-ring (bicyclic) bond motifs is 3. The second-order valence-electron chi connectivity index (χ2n) is 4.21. The molecule has 15 heavy (non-hydrogen) atoms. The molecule has 0 aliphatic carbocycles. The quantitative estimate of drug-likeness (QED) is 0.515. The van der Waals surface area contributed by atoms with Gasteiger partial charge in [-0.25, -0.2) is 0 Å². The van der Waals surface area contributed by atoms with Crippen molar-refractivity contribution in [3.63, 3.8) is 0 Å². The molecule has 3 aromatic rings. The Kier molecular flexibility index (Phi) is 1.63. The van der Waals surface area contributed by atoms with E-state index < -0.39 is 0 Å². The minimum Gasteiger partial charge on any atom is -0.316 e. The second kappa shape index (κ2) is 2.86. The van der Waals surface area contributed by atoms with Gasteiger partial charge in [-0.1, -0.05) is 17.7 Å². The summed E-state index contributed by atoms with van der Waals surface area (Å²) in [5.74, 6) is 0. The first-order valence-corrected chi connectivity index (χ1v) is 5.22. The van der Waals surface area contributed by atoms with E-state index in [4.69, 9.17) is 0 Å². The number of hydrogen-bond donors (Lipinski definition) is 0.